The van der Waals surface area contributed by atoms with Gasteiger partial charge in [0.1, 0.15) is 0 Å². The molecule has 2 aliphatic carbocycles. The van der Waals surface area contributed by atoms with E-state index in [0.717, 1.165) is 23.7 Å². The summed E-state index contributed by atoms with van der Waals surface area (Å²) in [6.07, 6.45) is 14.5. The lowest BCUT2D eigenvalue weighted by Crippen LogP contribution is -2.09. The van der Waals surface area contributed by atoms with Crippen molar-refractivity contribution < 1.29 is 0 Å². The summed E-state index contributed by atoms with van der Waals surface area (Å²) in [4.78, 5) is 0. The van der Waals surface area contributed by atoms with E-state index in [1.165, 1.54) is 56.9 Å². The second-order valence-corrected chi connectivity index (χ2v) is 6.67. The van der Waals surface area contributed by atoms with Crippen LogP contribution in [-0.2, 0) is 0 Å². The highest BCUT2D eigenvalue weighted by Crippen LogP contribution is 2.59. The Balaban J connectivity index is 1.71. The Morgan fingerprint density at radius 3 is 2.94 bits per heavy atom. The van der Waals surface area contributed by atoms with Crippen molar-refractivity contribution in [2.75, 3.05) is 0 Å². The van der Waals surface area contributed by atoms with E-state index in [4.69, 9.17) is 0 Å². The molecule has 3 unspecified atom stereocenters. The van der Waals surface area contributed by atoms with Crippen LogP contribution < -0.4 is 0 Å². The summed E-state index contributed by atoms with van der Waals surface area (Å²) in [5.74, 6) is 2.04. The second-order valence-electron chi connectivity index (χ2n) is 6.67. The molecule has 0 nitrogen and oxygen atoms in total. The van der Waals surface area contributed by atoms with E-state index in [0.29, 0.717) is 0 Å². The largest absolute Gasteiger partial charge is 0.103 e. The van der Waals surface area contributed by atoms with E-state index < -0.39 is 0 Å². The van der Waals surface area contributed by atoms with Gasteiger partial charge in [0.25, 0.3) is 0 Å². The van der Waals surface area contributed by atoms with Gasteiger partial charge < -0.3 is 0 Å². The molecule has 2 rings (SSSR count). The minimum Gasteiger partial charge on any atom is -0.103 e. The molecule has 2 fully saturated rings. The second kappa shape index (κ2) is 5.42. The molecule has 0 heterocycles. The van der Waals surface area contributed by atoms with Crippen LogP contribution in [0.1, 0.15) is 64.7 Å². The number of rotatable bonds is 5. The minimum atomic E-state index is 0.761. The number of fused-ring (bicyclic) bond motifs is 1. The molecule has 0 aromatic carbocycles. The molecule has 2 aliphatic rings. The van der Waals surface area contributed by atoms with Crippen molar-refractivity contribution in [3.05, 3.63) is 24.8 Å². The lowest BCUT2D eigenvalue weighted by molar-refractivity contribution is 0.309. The summed E-state index contributed by atoms with van der Waals surface area (Å²) in [6.45, 7) is 10.4. The van der Waals surface area contributed by atoms with Crippen molar-refractivity contribution >= 4 is 0 Å². The van der Waals surface area contributed by atoms with Gasteiger partial charge in [-0.3, -0.25) is 0 Å². The fourth-order valence-electron chi connectivity index (χ4n) is 3.64. The van der Waals surface area contributed by atoms with Crippen molar-refractivity contribution in [3.63, 3.8) is 0 Å². The molecule has 0 radical (unpaired) electrons. The summed E-state index contributed by atoms with van der Waals surface area (Å²) in [5.41, 5.74) is 2.13. The highest BCUT2D eigenvalue weighted by Gasteiger charge is 2.49. The third kappa shape index (κ3) is 3.47. The topological polar surface area (TPSA) is 0 Å². The first-order valence-corrected chi connectivity index (χ1v) is 7.41. The molecule has 17 heavy (non-hydrogen) atoms. The molecule has 0 N–H and O–H groups in total. The molecule has 0 aliphatic heterocycles. The zero-order valence-electron chi connectivity index (χ0n) is 11.5. The first kappa shape index (κ1) is 12.9. The SMILES string of the molecule is C=CCC(=C)CCC1CCCC2(C)CC2CC1. The van der Waals surface area contributed by atoms with E-state index in [-0.39, 0.29) is 0 Å². The summed E-state index contributed by atoms with van der Waals surface area (Å²) >= 11 is 0. The quantitative estimate of drug-likeness (QED) is 0.549. The van der Waals surface area contributed by atoms with Crippen molar-refractivity contribution in [1.29, 1.82) is 0 Å². The molecule has 0 bridgehead atoms. The first-order valence-electron chi connectivity index (χ1n) is 7.41. The van der Waals surface area contributed by atoms with E-state index in [9.17, 15) is 0 Å². The van der Waals surface area contributed by atoms with E-state index >= 15 is 0 Å². The summed E-state index contributed by atoms with van der Waals surface area (Å²) in [6, 6.07) is 0. The summed E-state index contributed by atoms with van der Waals surface area (Å²) in [7, 11) is 0. The highest BCUT2D eigenvalue weighted by atomic mass is 14.5. The van der Waals surface area contributed by atoms with Gasteiger partial charge in [0, 0.05) is 0 Å². The molecule has 3 atom stereocenters. The highest BCUT2D eigenvalue weighted by molar-refractivity contribution is 5.01. The lowest BCUT2D eigenvalue weighted by Gasteiger charge is -2.22. The molecule has 0 aromatic heterocycles. The lowest BCUT2D eigenvalue weighted by atomic mass is 9.83. The standard InChI is InChI=1S/C17H28/c1-4-6-14(2)8-9-15-7-5-12-17(3)13-16(17)11-10-15/h4,15-16H,1-2,5-13H2,3H3. The number of allylic oxidation sites excluding steroid dienone is 2. The van der Waals surface area contributed by atoms with Gasteiger partial charge in [0.15, 0.2) is 0 Å². The number of hydrogen-bond donors (Lipinski definition) is 0. The van der Waals surface area contributed by atoms with E-state index in [1.54, 1.807) is 0 Å². The predicted molar refractivity (Wildman–Crippen MR) is 76.0 cm³/mol. The van der Waals surface area contributed by atoms with Gasteiger partial charge in [-0.15, -0.1) is 6.58 Å². The van der Waals surface area contributed by atoms with Gasteiger partial charge in [-0.1, -0.05) is 44.4 Å². The Bertz CT molecular complexity index is 288. The molecule has 0 amide bonds. The number of hydrogen-bond acceptors (Lipinski definition) is 0. The smallest absolute Gasteiger partial charge is 0.0144 e. The maximum Gasteiger partial charge on any atom is -0.0144 e. The Morgan fingerprint density at radius 1 is 1.35 bits per heavy atom. The third-order valence-corrected chi connectivity index (χ3v) is 5.16. The van der Waals surface area contributed by atoms with Gasteiger partial charge >= 0.3 is 0 Å². The Labute approximate surface area is 107 Å². The van der Waals surface area contributed by atoms with Crippen LogP contribution in [0.2, 0.25) is 0 Å². The molecule has 96 valence electrons. The van der Waals surface area contributed by atoms with Crippen LogP contribution in [0.15, 0.2) is 24.8 Å². The van der Waals surface area contributed by atoms with Crippen LogP contribution in [0.5, 0.6) is 0 Å². The van der Waals surface area contributed by atoms with Crippen molar-refractivity contribution in [1.82, 2.24) is 0 Å². The average molecular weight is 232 g/mol. The molecule has 2 saturated carbocycles. The van der Waals surface area contributed by atoms with Crippen LogP contribution in [0.4, 0.5) is 0 Å². The zero-order valence-corrected chi connectivity index (χ0v) is 11.5. The van der Waals surface area contributed by atoms with Crippen LogP contribution in [0, 0.1) is 17.3 Å². The van der Waals surface area contributed by atoms with Crippen LogP contribution in [0.3, 0.4) is 0 Å². The van der Waals surface area contributed by atoms with Gasteiger partial charge in [0.2, 0.25) is 0 Å². The van der Waals surface area contributed by atoms with Gasteiger partial charge in [-0.05, 0) is 55.8 Å². The minimum absolute atomic E-state index is 0.761. The van der Waals surface area contributed by atoms with Gasteiger partial charge in [-0.25, -0.2) is 0 Å². The Hall–Kier alpha value is -0.520. The molecular weight excluding hydrogens is 204 g/mol. The zero-order chi connectivity index (χ0) is 12.3. The molecular formula is C17H28. The first-order chi connectivity index (χ1) is 8.14. The third-order valence-electron chi connectivity index (χ3n) is 5.16. The summed E-state index contributed by atoms with van der Waals surface area (Å²) < 4.78 is 0. The maximum absolute atomic E-state index is 4.13. The van der Waals surface area contributed by atoms with Crippen LogP contribution in [0.25, 0.3) is 0 Å². The van der Waals surface area contributed by atoms with E-state index in [1.807, 2.05) is 6.08 Å². The fraction of sp³-hybridized carbons (Fsp3) is 0.765. The Kier molecular flexibility index (Phi) is 4.12. The monoisotopic (exact) mass is 232 g/mol. The molecule has 0 aromatic rings. The Morgan fingerprint density at radius 2 is 2.18 bits per heavy atom. The van der Waals surface area contributed by atoms with Crippen molar-refractivity contribution in [3.8, 4) is 0 Å². The fourth-order valence-corrected chi connectivity index (χ4v) is 3.64. The molecule has 0 spiro atoms. The van der Waals surface area contributed by atoms with Gasteiger partial charge in [0.05, 0.1) is 0 Å². The van der Waals surface area contributed by atoms with Gasteiger partial charge in [-0.2, -0.15) is 0 Å². The predicted octanol–water partition coefficient (Wildman–Crippen LogP) is 5.51. The van der Waals surface area contributed by atoms with Crippen LogP contribution in [-0.4, -0.2) is 0 Å². The normalized spacial score (nSPS) is 36.5. The average Bonchev–Trinajstić information content (AvgIpc) is 2.89. The molecule has 0 heteroatoms. The van der Waals surface area contributed by atoms with Crippen molar-refractivity contribution in [2.45, 2.75) is 64.7 Å². The molecule has 0 saturated heterocycles. The van der Waals surface area contributed by atoms with Crippen molar-refractivity contribution in [2.24, 2.45) is 17.3 Å². The summed E-state index contributed by atoms with van der Waals surface area (Å²) in [5, 5.41) is 0. The van der Waals surface area contributed by atoms with Crippen LogP contribution >= 0.6 is 0 Å². The van der Waals surface area contributed by atoms with E-state index in [2.05, 4.69) is 20.1 Å². The maximum atomic E-state index is 4.13.